The lowest BCUT2D eigenvalue weighted by Crippen LogP contribution is -2.42. The van der Waals surface area contributed by atoms with E-state index in [-0.39, 0.29) is 23.5 Å². The lowest BCUT2D eigenvalue weighted by atomic mass is 9.91. The molecule has 5 heteroatoms. The van der Waals surface area contributed by atoms with Crippen molar-refractivity contribution in [3.8, 4) is 5.75 Å². The molecule has 1 aromatic carbocycles. The van der Waals surface area contributed by atoms with Gasteiger partial charge in [0.25, 0.3) is 0 Å². The molecule has 1 aromatic rings. The average Bonchev–Trinajstić information content (AvgIpc) is 2.52. The van der Waals surface area contributed by atoms with Gasteiger partial charge in [-0.3, -0.25) is 4.79 Å². The number of amides is 1. The number of rotatable bonds is 5. The van der Waals surface area contributed by atoms with Gasteiger partial charge in [-0.15, -0.1) is 0 Å². The smallest absolute Gasteiger partial charge is 0.222 e. The molecule has 4 nitrogen and oxygen atoms in total. The minimum atomic E-state index is -0.384. The van der Waals surface area contributed by atoms with Crippen molar-refractivity contribution in [2.45, 2.75) is 38.6 Å². The third kappa shape index (κ3) is 4.19. The third-order valence-corrected chi connectivity index (χ3v) is 4.48. The Labute approximate surface area is 131 Å². The molecular weight excluding hydrogens is 283 g/mol. The first kappa shape index (κ1) is 16.7. The Morgan fingerprint density at radius 3 is 2.68 bits per heavy atom. The third-order valence-electron chi connectivity index (χ3n) is 4.48. The highest BCUT2D eigenvalue weighted by atomic mass is 19.1. The Balaban J connectivity index is 1.82. The number of methoxy groups -OCH3 is 1. The Hall–Kier alpha value is -1.62. The number of nitrogens with zero attached hydrogens (tertiary/aromatic N) is 1. The maximum atomic E-state index is 13.6. The van der Waals surface area contributed by atoms with E-state index < -0.39 is 0 Å². The van der Waals surface area contributed by atoms with Crippen LogP contribution in [0.5, 0.6) is 5.75 Å². The summed E-state index contributed by atoms with van der Waals surface area (Å²) in [6.45, 7) is 3.59. The van der Waals surface area contributed by atoms with Crippen molar-refractivity contribution < 1.29 is 13.9 Å². The fraction of sp³-hybridized carbons (Fsp3) is 0.588. The average molecular weight is 308 g/mol. The van der Waals surface area contributed by atoms with E-state index in [9.17, 15) is 9.18 Å². The SMILES string of the molecule is COc1ccc(CCC(=O)N2CCC(C(C)N)CC2)cc1F. The van der Waals surface area contributed by atoms with Gasteiger partial charge in [0, 0.05) is 25.6 Å². The summed E-state index contributed by atoms with van der Waals surface area (Å²) in [6, 6.07) is 5.04. The molecule has 0 bridgehead atoms. The number of nitrogens with two attached hydrogens (primary N) is 1. The van der Waals surface area contributed by atoms with Crippen LogP contribution in [-0.4, -0.2) is 37.0 Å². The number of ether oxygens (including phenoxy) is 1. The van der Waals surface area contributed by atoms with Gasteiger partial charge < -0.3 is 15.4 Å². The van der Waals surface area contributed by atoms with Crippen molar-refractivity contribution in [1.29, 1.82) is 0 Å². The quantitative estimate of drug-likeness (QED) is 0.908. The van der Waals surface area contributed by atoms with Crippen molar-refractivity contribution in [2.24, 2.45) is 11.7 Å². The van der Waals surface area contributed by atoms with Gasteiger partial charge in [-0.05, 0) is 49.8 Å². The molecule has 1 heterocycles. The van der Waals surface area contributed by atoms with Crippen LogP contribution in [-0.2, 0) is 11.2 Å². The molecule has 1 aliphatic heterocycles. The summed E-state index contributed by atoms with van der Waals surface area (Å²) in [5, 5.41) is 0. The van der Waals surface area contributed by atoms with Crippen molar-refractivity contribution in [3.05, 3.63) is 29.6 Å². The predicted molar refractivity (Wildman–Crippen MR) is 84.2 cm³/mol. The highest BCUT2D eigenvalue weighted by molar-refractivity contribution is 5.76. The lowest BCUT2D eigenvalue weighted by Gasteiger charge is -2.33. The van der Waals surface area contributed by atoms with Crippen LogP contribution < -0.4 is 10.5 Å². The Kier molecular flexibility index (Phi) is 5.77. The summed E-state index contributed by atoms with van der Waals surface area (Å²) in [5.74, 6) is 0.498. The van der Waals surface area contributed by atoms with E-state index in [4.69, 9.17) is 10.5 Å². The van der Waals surface area contributed by atoms with Crippen LogP contribution in [0.4, 0.5) is 4.39 Å². The molecule has 0 radical (unpaired) electrons. The summed E-state index contributed by atoms with van der Waals surface area (Å²) in [5.41, 5.74) is 6.73. The van der Waals surface area contributed by atoms with Crippen LogP contribution in [0.3, 0.4) is 0 Å². The van der Waals surface area contributed by atoms with Crippen molar-refractivity contribution in [2.75, 3.05) is 20.2 Å². The number of halogens is 1. The highest BCUT2D eigenvalue weighted by Crippen LogP contribution is 2.21. The van der Waals surface area contributed by atoms with Crippen LogP contribution in [0.2, 0.25) is 0 Å². The van der Waals surface area contributed by atoms with E-state index in [0.717, 1.165) is 31.5 Å². The number of hydrogen-bond acceptors (Lipinski definition) is 3. The van der Waals surface area contributed by atoms with Gasteiger partial charge >= 0.3 is 0 Å². The highest BCUT2D eigenvalue weighted by Gasteiger charge is 2.24. The molecule has 0 aromatic heterocycles. The van der Waals surface area contributed by atoms with Crippen molar-refractivity contribution in [1.82, 2.24) is 4.90 Å². The van der Waals surface area contributed by atoms with Gasteiger partial charge in [-0.1, -0.05) is 6.07 Å². The monoisotopic (exact) mass is 308 g/mol. The molecule has 2 rings (SSSR count). The second kappa shape index (κ2) is 7.58. The van der Waals surface area contributed by atoms with Gasteiger partial charge in [-0.2, -0.15) is 0 Å². The lowest BCUT2D eigenvalue weighted by molar-refractivity contribution is -0.132. The van der Waals surface area contributed by atoms with Gasteiger partial charge in [0.05, 0.1) is 7.11 Å². The second-order valence-electron chi connectivity index (χ2n) is 6.05. The molecule has 22 heavy (non-hydrogen) atoms. The molecule has 0 spiro atoms. The van der Waals surface area contributed by atoms with Crippen LogP contribution in [0.1, 0.15) is 31.7 Å². The first-order valence-corrected chi connectivity index (χ1v) is 7.87. The molecule has 1 unspecified atom stereocenters. The molecule has 2 N–H and O–H groups in total. The topological polar surface area (TPSA) is 55.6 Å². The van der Waals surface area contributed by atoms with Crippen LogP contribution in [0.15, 0.2) is 18.2 Å². The zero-order valence-electron chi connectivity index (χ0n) is 13.3. The van der Waals surface area contributed by atoms with Gasteiger partial charge in [0.2, 0.25) is 5.91 Å². The molecule has 0 aliphatic carbocycles. The minimum Gasteiger partial charge on any atom is -0.494 e. The maximum absolute atomic E-state index is 13.6. The number of piperidine rings is 1. The molecule has 1 fully saturated rings. The minimum absolute atomic E-state index is 0.138. The predicted octanol–water partition coefficient (Wildman–Crippen LogP) is 2.35. The van der Waals surface area contributed by atoms with E-state index in [1.807, 2.05) is 11.8 Å². The Morgan fingerprint density at radius 1 is 1.45 bits per heavy atom. The first-order chi connectivity index (χ1) is 10.5. The summed E-state index contributed by atoms with van der Waals surface area (Å²) in [4.78, 5) is 14.1. The van der Waals surface area contributed by atoms with Crippen LogP contribution >= 0.6 is 0 Å². The normalized spacial score (nSPS) is 17.4. The fourth-order valence-electron chi connectivity index (χ4n) is 2.95. The summed E-state index contributed by atoms with van der Waals surface area (Å²) in [6.07, 6.45) is 2.91. The number of carbonyl (C=O) groups excluding carboxylic acids is 1. The summed E-state index contributed by atoms with van der Waals surface area (Å²) < 4.78 is 18.5. The van der Waals surface area contributed by atoms with E-state index in [2.05, 4.69) is 0 Å². The van der Waals surface area contributed by atoms with E-state index in [1.54, 1.807) is 12.1 Å². The molecule has 1 aliphatic rings. The largest absolute Gasteiger partial charge is 0.494 e. The number of likely N-dealkylation sites (tertiary alicyclic amines) is 1. The zero-order chi connectivity index (χ0) is 16.1. The molecule has 1 saturated heterocycles. The maximum Gasteiger partial charge on any atom is 0.222 e. The summed E-state index contributed by atoms with van der Waals surface area (Å²) in [7, 11) is 1.44. The molecule has 1 atom stereocenters. The van der Waals surface area contributed by atoms with E-state index in [0.29, 0.717) is 18.8 Å². The molecule has 1 amide bonds. The molecular formula is C17H25FN2O2. The number of benzene rings is 1. The van der Waals surface area contributed by atoms with Crippen molar-refractivity contribution in [3.63, 3.8) is 0 Å². The van der Waals surface area contributed by atoms with Crippen molar-refractivity contribution >= 4 is 5.91 Å². The van der Waals surface area contributed by atoms with E-state index >= 15 is 0 Å². The number of aryl methyl sites for hydroxylation is 1. The summed E-state index contributed by atoms with van der Waals surface area (Å²) >= 11 is 0. The van der Waals surface area contributed by atoms with Crippen LogP contribution in [0.25, 0.3) is 0 Å². The van der Waals surface area contributed by atoms with Gasteiger partial charge in [-0.25, -0.2) is 4.39 Å². The Bertz CT molecular complexity index is 511. The van der Waals surface area contributed by atoms with Crippen LogP contribution in [0, 0.1) is 11.7 Å². The number of carbonyl (C=O) groups is 1. The Morgan fingerprint density at radius 2 is 2.14 bits per heavy atom. The van der Waals surface area contributed by atoms with Gasteiger partial charge in [0.15, 0.2) is 11.6 Å². The second-order valence-corrected chi connectivity index (χ2v) is 6.05. The zero-order valence-corrected chi connectivity index (χ0v) is 13.3. The van der Waals surface area contributed by atoms with E-state index in [1.165, 1.54) is 13.2 Å². The standard InChI is InChI=1S/C17H25FN2O2/c1-12(19)14-7-9-20(10-8-14)17(21)6-4-13-3-5-16(22-2)15(18)11-13/h3,5,11-12,14H,4,6-10,19H2,1-2H3. The fourth-order valence-corrected chi connectivity index (χ4v) is 2.95. The van der Waals surface area contributed by atoms with Gasteiger partial charge in [0.1, 0.15) is 0 Å². The molecule has 122 valence electrons. The molecule has 0 saturated carbocycles. The first-order valence-electron chi connectivity index (χ1n) is 7.87. The number of hydrogen-bond donors (Lipinski definition) is 1.